The molecule has 1 unspecified atom stereocenters. The second kappa shape index (κ2) is 9.55. The summed E-state index contributed by atoms with van der Waals surface area (Å²) in [6.45, 7) is 0.286. The molecule has 6 N–H and O–H groups in total. The van der Waals surface area contributed by atoms with Crippen LogP contribution < -0.4 is 21.7 Å². The lowest BCUT2D eigenvalue weighted by Crippen LogP contribution is -2.49. The molecule has 0 aromatic heterocycles. The average Bonchev–Trinajstić information content (AvgIpc) is 2.35. The highest BCUT2D eigenvalue weighted by molar-refractivity contribution is 5.89. The van der Waals surface area contributed by atoms with E-state index in [4.69, 9.17) is 15.6 Å². The van der Waals surface area contributed by atoms with Crippen molar-refractivity contribution in [2.75, 3.05) is 26.8 Å². The van der Waals surface area contributed by atoms with Crippen molar-refractivity contribution in [3.8, 4) is 0 Å². The maximum Gasteiger partial charge on any atom is 0.326 e. The number of carbonyl (C=O) groups excluding carboxylic acids is 3. The number of ether oxygens (including phenoxy) is 1. The predicted octanol–water partition coefficient (Wildman–Crippen LogP) is -2.62. The molecule has 0 saturated carbocycles. The highest BCUT2D eigenvalue weighted by atomic mass is 16.5. The van der Waals surface area contributed by atoms with Crippen LogP contribution in [0.25, 0.3) is 0 Å². The Labute approximate surface area is 115 Å². The second-order valence-electron chi connectivity index (χ2n) is 3.73. The summed E-state index contributed by atoms with van der Waals surface area (Å²) in [7, 11) is 1.47. The van der Waals surface area contributed by atoms with Gasteiger partial charge in [0.05, 0.1) is 19.6 Å². The lowest BCUT2D eigenvalue weighted by molar-refractivity contribution is -0.140. The molecule has 0 aromatic rings. The first-order valence-corrected chi connectivity index (χ1v) is 5.68. The molecule has 0 aromatic carbocycles. The van der Waals surface area contributed by atoms with Crippen molar-refractivity contribution in [2.45, 2.75) is 12.5 Å². The summed E-state index contributed by atoms with van der Waals surface area (Å²) in [5, 5.41) is 15.4. The zero-order valence-corrected chi connectivity index (χ0v) is 11.0. The fourth-order valence-corrected chi connectivity index (χ4v) is 1.13. The minimum atomic E-state index is -1.44. The van der Waals surface area contributed by atoms with Gasteiger partial charge in [0.25, 0.3) is 0 Å². The van der Waals surface area contributed by atoms with E-state index >= 15 is 0 Å². The van der Waals surface area contributed by atoms with Gasteiger partial charge in [-0.15, -0.1) is 0 Å². The van der Waals surface area contributed by atoms with E-state index in [0.717, 1.165) is 0 Å². The molecule has 4 amide bonds. The van der Waals surface area contributed by atoms with E-state index in [1.54, 1.807) is 0 Å². The summed E-state index contributed by atoms with van der Waals surface area (Å²) < 4.78 is 4.71. The van der Waals surface area contributed by atoms with Gasteiger partial charge in [0.2, 0.25) is 11.8 Å². The van der Waals surface area contributed by atoms with Crippen LogP contribution in [0.15, 0.2) is 0 Å². The molecular formula is C10H18N4O6. The molecule has 0 radical (unpaired) electrons. The minimum absolute atomic E-state index is 0.290. The number of amides is 4. The lowest BCUT2D eigenvalue weighted by atomic mass is 10.2. The summed E-state index contributed by atoms with van der Waals surface area (Å²) in [6, 6.07) is -2.33. The van der Waals surface area contributed by atoms with Crippen LogP contribution in [-0.2, 0) is 19.1 Å². The molecule has 0 heterocycles. The Balaban J connectivity index is 4.04. The van der Waals surface area contributed by atoms with Crippen LogP contribution in [0.5, 0.6) is 0 Å². The number of primary amides is 1. The number of aliphatic carboxylic acids is 1. The Morgan fingerprint density at radius 3 is 2.40 bits per heavy atom. The molecule has 0 saturated heterocycles. The molecule has 10 nitrogen and oxygen atoms in total. The number of hydrogen-bond donors (Lipinski definition) is 5. The fraction of sp³-hybridized carbons (Fsp3) is 0.600. The van der Waals surface area contributed by atoms with Crippen molar-refractivity contribution in [1.29, 1.82) is 0 Å². The van der Waals surface area contributed by atoms with Crippen LogP contribution in [0.1, 0.15) is 6.42 Å². The Kier molecular flexibility index (Phi) is 8.43. The average molecular weight is 290 g/mol. The molecule has 20 heavy (non-hydrogen) atoms. The van der Waals surface area contributed by atoms with Gasteiger partial charge in [-0.2, -0.15) is 0 Å². The molecule has 0 aliphatic rings. The third kappa shape index (κ3) is 8.69. The third-order valence-electron chi connectivity index (χ3n) is 2.05. The first-order valence-electron chi connectivity index (χ1n) is 5.68. The molecule has 0 bridgehead atoms. The van der Waals surface area contributed by atoms with Crippen molar-refractivity contribution in [1.82, 2.24) is 16.0 Å². The maximum atomic E-state index is 11.3. The van der Waals surface area contributed by atoms with Crippen molar-refractivity contribution in [3.63, 3.8) is 0 Å². The van der Waals surface area contributed by atoms with Gasteiger partial charge in [-0.3, -0.25) is 9.59 Å². The zero-order valence-electron chi connectivity index (χ0n) is 11.0. The van der Waals surface area contributed by atoms with E-state index in [0.29, 0.717) is 6.61 Å². The Bertz CT molecular complexity index is 373. The number of hydrogen-bond acceptors (Lipinski definition) is 5. The SMILES string of the molecule is COCCNC(=O)CNC(=O)NC(CC(N)=O)C(=O)O. The van der Waals surface area contributed by atoms with Crippen molar-refractivity contribution < 1.29 is 29.0 Å². The highest BCUT2D eigenvalue weighted by Crippen LogP contribution is 1.91. The quantitative estimate of drug-likeness (QED) is 0.292. The van der Waals surface area contributed by atoms with Gasteiger partial charge in [0, 0.05) is 13.7 Å². The van der Waals surface area contributed by atoms with E-state index in [9.17, 15) is 19.2 Å². The van der Waals surface area contributed by atoms with Crippen molar-refractivity contribution in [2.24, 2.45) is 5.73 Å². The van der Waals surface area contributed by atoms with Crippen molar-refractivity contribution in [3.05, 3.63) is 0 Å². The number of carbonyl (C=O) groups is 4. The van der Waals surface area contributed by atoms with E-state index < -0.39 is 36.3 Å². The van der Waals surface area contributed by atoms with E-state index in [1.807, 2.05) is 5.32 Å². The summed E-state index contributed by atoms with van der Waals surface area (Å²) in [6.07, 6.45) is -0.539. The number of nitrogens with one attached hydrogen (secondary N) is 3. The Hall–Kier alpha value is -2.36. The number of rotatable bonds is 9. The maximum absolute atomic E-state index is 11.3. The van der Waals surface area contributed by atoms with Gasteiger partial charge in [-0.1, -0.05) is 0 Å². The molecule has 0 rings (SSSR count). The first kappa shape index (κ1) is 17.6. The van der Waals surface area contributed by atoms with Crippen LogP contribution in [0, 0.1) is 0 Å². The molecular weight excluding hydrogens is 272 g/mol. The van der Waals surface area contributed by atoms with Crippen LogP contribution >= 0.6 is 0 Å². The minimum Gasteiger partial charge on any atom is -0.480 e. The van der Waals surface area contributed by atoms with Crippen molar-refractivity contribution >= 4 is 23.8 Å². The second-order valence-corrected chi connectivity index (χ2v) is 3.73. The molecule has 1 atom stereocenters. The first-order chi connectivity index (χ1) is 9.36. The summed E-state index contributed by atoms with van der Waals surface area (Å²) in [4.78, 5) is 43.9. The summed E-state index contributed by atoms with van der Waals surface area (Å²) in [5.41, 5.74) is 4.85. The van der Waals surface area contributed by atoms with Crippen LogP contribution in [0.4, 0.5) is 4.79 Å². The van der Waals surface area contributed by atoms with E-state index in [2.05, 4.69) is 10.6 Å². The van der Waals surface area contributed by atoms with Crippen LogP contribution in [0.2, 0.25) is 0 Å². The number of methoxy groups -OCH3 is 1. The topological polar surface area (TPSA) is 160 Å². The van der Waals surface area contributed by atoms with Crippen LogP contribution in [-0.4, -0.2) is 61.8 Å². The lowest BCUT2D eigenvalue weighted by Gasteiger charge is -2.13. The molecule has 0 spiro atoms. The molecule has 10 heteroatoms. The predicted molar refractivity (Wildman–Crippen MR) is 66.7 cm³/mol. The van der Waals surface area contributed by atoms with Gasteiger partial charge in [-0.25, -0.2) is 9.59 Å². The van der Waals surface area contributed by atoms with Gasteiger partial charge in [-0.05, 0) is 0 Å². The van der Waals surface area contributed by atoms with Gasteiger partial charge in [0.1, 0.15) is 6.04 Å². The fourth-order valence-electron chi connectivity index (χ4n) is 1.13. The van der Waals surface area contributed by atoms with E-state index in [1.165, 1.54) is 7.11 Å². The monoisotopic (exact) mass is 290 g/mol. The number of urea groups is 1. The summed E-state index contributed by atoms with van der Waals surface area (Å²) in [5.74, 6) is -2.72. The third-order valence-corrected chi connectivity index (χ3v) is 2.05. The molecule has 0 fully saturated rings. The number of carboxylic acid groups (broad SMARTS) is 1. The largest absolute Gasteiger partial charge is 0.480 e. The molecule has 0 aliphatic carbocycles. The van der Waals surface area contributed by atoms with Gasteiger partial charge >= 0.3 is 12.0 Å². The standard InChI is InChI=1S/C10H18N4O6/c1-20-3-2-12-8(16)5-13-10(19)14-6(9(17)18)4-7(11)15/h6H,2-5H2,1H3,(H2,11,15)(H,12,16)(H,17,18)(H2,13,14,19). The Morgan fingerprint density at radius 1 is 1.25 bits per heavy atom. The smallest absolute Gasteiger partial charge is 0.326 e. The molecule has 0 aliphatic heterocycles. The zero-order chi connectivity index (χ0) is 15.5. The Morgan fingerprint density at radius 2 is 1.90 bits per heavy atom. The number of carboxylic acids is 1. The van der Waals surface area contributed by atoms with Gasteiger partial charge < -0.3 is 31.5 Å². The molecule has 114 valence electrons. The van der Waals surface area contributed by atoms with E-state index in [-0.39, 0.29) is 13.1 Å². The normalized spacial score (nSPS) is 11.2. The van der Waals surface area contributed by atoms with Crippen LogP contribution in [0.3, 0.4) is 0 Å². The highest BCUT2D eigenvalue weighted by Gasteiger charge is 2.22. The summed E-state index contributed by atoms with van der Waals surface area (Å²) >= 11 is 0. The number of nitrogens with two attached hydrogens (primary N) is 1. The van der Waals surface area contributed by atoms with Gasteiger partial charge in [0.15, 0.2) is 0 Å².